The molecule has 2 aromatic carbocycles. The third kappa shape index (κ3) is 6.46. The minimum absolute atomic E-state index is 0.115. The Morgan fingerprint density at radius 1 is 1.08 bits per heavy atom. The zero-order chi connectivity index (χ0) is 27.3. The molecule has 2 atom stereocenters. The molecule has 0 saturated carbocycles. The summed E-state index contributed by atoms with van der Waals surface area (Å²) in [6, 6.07) is 17.6. The topological polar surface area (TPSA) is 185 Å². The number of hydrogen-bond acceptors (Lipinski definition) is 6. The van der Waals surface area contributed by atoms with E-state index >= 15 is 0 Å². The Balaban J connectivity index is 1.61. The van der Waals surface area contributed by atoms with Crippen molar-refractivity contribution in [3.8, 4) is 0 Å². The zero-order valence-corrected chi connectivity index (χ0v) is 21.4. The van der Waals surface area contributed by atoms with Crippen LogP contribution in [0.4, 0.5) is 0 Å². The smallest absolute Gasteiger partial charge is 0.275 e. The van der Waals surface area contributed by atoms with Gasteiger partial charge >= 0.3 is 0 Å². The highest BCUT2D eigenvalue weighted by Crippen LogP contribution is 2.31. The number of amidine groups is 1. The second-order valence-corrected chi connectivity index (χ2v) is 10.4. The summed E-state index contributed by atoms with van der Waals surface area (Å²) in [5.74, 6) is -1.65. The lowest BCUT2D eigenvalue weighted by Gasteiger charge is -2.33. The number of nitrogen functional groups attached to an aromatic ring is 1. The van der Waals surface area contributed by atoms with Gasteiger partial charge in [0.15, 0.2) is 11.6 Å². The van der Waals surface area contributed by atoms with Crippen LogP contribution in [0.15, 0.2) is 77.4 Å². The van der Waals surface area contributed by atoms with Crippen LogP contribution < -0.4 is 20.9 Å². The molecule has 11 nitrogen and oxygen atoms in total. The van der Waals surface area contributed by atoms with Gasteiger partial charge in [0.2, 0.25) is 11.8 Å². The lowest BCUT2D eigenvalue weighted by atomic mass is 9.84. The van der Waals surface area contributed by atoms with Gasteiger partial charge in [-0.3, -0.25) is 15.0 Å². The van der Waals surface area contributed by atoms with Crippen LogP contribution in [0.5, 0.6) is 0 Å². The molecular formula is C26H30N6O5S. The normalized spacial score (nSPS) is 16.4. The molecule has 1 aliphatic rings. The van der Waals surface area contributed by atoms with Crippen molar-refractivity contribution >= 4 is 27.9 Å². The van der Waals surface area contributed by atoms with Gasteiger partial charge in [-0.2, -0.15) is 13.1 Å². The molecular weight excluding hydrogens is 508 g/mol. The van der Waals surface area contributed by atoms with Crippen LogP contribution in [0.25, 0.3) is 0 Å². The first-order valence-electron chi connectivity index (χ1n) is 12.0. The fourth-order valence-corrected chi connectivity index (χ4v) is 5.33. The van der Waals surface area contributed by atoms with Gasteiger partial charge in [0.05, 0.1) is 6.26 Å². The number of likely N-dealkylation sites (tertiary alicyclic amines) is 1. The second kappa shape index (κ2) is 11.6. The van der Waals surface area contributed by atoms with Gasteiger partial charge in [0.25, 0.3) is 10.2 Å². The number of benzene rings is 2. The van der Waals surface area contributed by atoms with E-state index in [1.807, 2.05) is 60.7 Å². The molecule has 0 spiro atoms. The van der Waals surface area contributed by atoms with Gasteiger partial charge in [-0.15, -0.1) is 0 Å². The van der Waals surface area contributed by atoms with Gasteiger partial charge in [-0.05, 0) is 30.0 Å². The van der Waals surface area contributed by atoms with E-state index in [0.717, 1.165) is 11.1 Å². The van der Waals surface area contributed by atoms with E-state index in [0.29, 0.717) is 18.4 Å². The third-order valence-electron chi connectivity index (χ3n) is 6.43. The number of nitrogens with two attached hydrogens (primary N) is 2. The first kappa shape index (κ1) is 27.0. The quantitative estimate of drug-likeness (QED) is 0.190. The molecule has 2 amide bonds. The van der Waals surface area contributed by atoms with Crippen molar-refractivity contribution in [2.45, 2.75) is 37.4 Å². The summed E-state index contributed by atoms with van der Waals surface area (Å²) in [7, 11) is -4.28. The lowest BCUT2D eigenvalue weighted by molar-refractivity contribution is -0.140. The van der Waals surface area contributed by atoms with E-state index in [2.05, 4.69) is 10.0 Å². The Bertz CT molecular complexity index is 1350. The Labute approximate surface area is 220 Å². The molecule has 1 aliphatic heterocycles. The van der Waals surface area contributed by atoms with Crippen LogP contribution >= 0.6 is 0 Å². The average molecular weight is 539 g/mol. The van der Waals surface area contributed by atoms with E-state index in [4.69, 9.17) is 20.7 Å². The molecule has 2 heterocycles. The molecule has 12 heteroatoms. The summed E-state index contributed by atoms with van der Waals surface area (Å²) < 4.78 is 32.0. The fraction of sp³-hybridized carbons (Fsp3) is 0.269. The summed E-state index contributed by atoms with van der Waals surface area (Å²) in [5, 5.41) is 15.6. The minimum Gasteiger partial charge on any atom is -0.461 e. The summed E-state index contributed by atoms with van der Waals surface area (Å²) in [6.07, 6.45) is 2.39. The average Bonchev–Trinajstić information content (AvgIpc) is 3.57. The molecule has 0 radical (unpaired) electrons. The van der Waals surface area contributed by atoms with Gasteiger partial charge in [0, 0.05) is 24.6 Å². The Morgan fingerprint density at radius 2 is 1.68 bits per heavy atom. The van der Waals surface area contributed by atoms with Crippen molar-refractivity contribution in [1.82, 2.24) is 14.9 Å². The van der Waals surface area contributed by atoms with Crippen molar-refractivity contribution < 1.29 is 22.4 Å². The molecule has 200 valence electrons. The molecule has 0 aliphatic carbocycles. The highest BCUT2D eigenvalue weighted by molar-refractivity contribution is 7.87. The van der Waals surface area contributed by atoms with Crippen molar-refractivity contribution in [2.24, 2.45) is 10.9 Å². The van der Waals surface area contributed by atoms with Crippen LogP contribution in [0.2, 0.25) is 0 Å². The molecule has 1 fully saturated rings. The van der Waals surface area contributed by atoms with Gasteiger partial charge < -0.3 is 20.4 Å². The fourth-order valence-electron chi connectivity index (χ4n) is 4.73. The maximum Gasteiger partial charge on any atom is 0.275 e. The Hall–Kier alpha value is -4.00. The number of carbonyl (C=O) groups excluding carboxylic acids is 2. The molecule has 38 heavy (non-hydrogen) atoms. The standard InChI is InChI=1S/C26H30N6O5S/c27-24(28)21-14-17(16-37-21)15-30-25(33)20-12-7-13-32(20)26(34)23(31-38(29,35)36)22(18-8-3-1-4-9-18)19-10-5-2-6-11-19/h1-6,8-11,14,16,20,22-23,31H,7,12-13,15H2,(H3,27,28)(H,30,33)(H2,29,35,36)/t20-,23+/m0/s1. The molecule has 4 rings (SSSR count). The summed E-state index contributed by atoms with van der Waals surface area (Å²) in [5.41, 5.74) is 7.46. The molecule has 1 aromatic heterocycles. The first-order chi connectivity index (χ1) is 18.1. The summed E-state index contributed by atoms with van der Waals surface area (Å²) >= 11 is 0. The van der Waals surface area contributed by atoms with Gasteiger partial charge in [-0.1, -0.05) is 60.7 Å². The largest absolute Gasteiger partial charge is 0.461 e. The number of furan rings is 1. The zero-order valence-electron chi connectivity index (χ0n) is 20.5. The van der Waals surface area contributed by atoms with E-state index in [9.17, 15) is 18.0 Å². The maximum atomic E-state index is 14.0. The molecule has 3 aromatic rings. The lowest BCUT2D eigenvalue weighted by Crippen LogP contribution is -2.56. The van der Waals surface area contributed by atoms with Crippen molar-refractivity contribution in [1.29, 1.82) is 5.41 Å². The minimum atomic E-state index is -4.28. The highest BCUT2D eigenvalue weighted by atomic mass is 32.2. The summed E-state index contributed by atoms with van der Waals surface area (Å²) in [6.45, 7) is 0.403. The van der Waals surface area contributed by atoms with Crippen LogP contribution in [-0.2, 0) is 26.3 Å². The maximum absolute atomic E-state index is 14.0. The summed E-state index contributed by atoms with van der Waals surface area (Å²) in [4.78, 5) is 28.5. The van der Waals surface area contributed by atoms with Crippen LogP contribution in [0, 0.1) is 5.41 Å². The van der Waals surface area contributed by atoms with Gasteiger partial charge in [0.1, 0.15) is 12.1 Å². The van der Waals surface area contributed by atoms with Crippen LogP contribution in [0.3, 0.4) is 0 Å². The van der Waals surface area contributed by atoms with Crippen molar-refractivity contribution in [2.75, 3.05) is 6.54 Å². The predicted molar refractivity (Wildman–Crippen MR) is 141 cm³/mol. The van der Waals surface area contributed by atoms with E-state index in [-0.39, 0.29) is 30.6 Å². The number of rotatable bonds is 10. The first-order valence-corrected chi connectivity index (χ1v) is 13.6. The van der Waals surface area contributed by atoms with E-state index < -0.39 is 34.1 Å². The number of carbonyl (C=O) groups is 2. The molecule has 0 unspecified atom stereocenters. The molecule has 7 N–H and O–H groups in total. The molecule has 0 bridgehead atoms. The van der Waals surface area contributed by atoms with Crippen LogP contribution in [-0.4, -0.2) is 49.6 Å². The highest BCUT2D eigenvalue weighted by Gasteiger charge is 2.42. The van der Waals surface area contributed by atoms with E-state index in [1.165, 1.54) is 11.2 Å². The number of nitrogens with one attached hydrogen (secondary N) is 3. The Kier molecular flexibility index (Phi) is 8.25. The van der Waals surface area contributed by atoms with Gasteiger partial charge in [-0.25, -0.2) is 5.14 Å². The Morgan fingerprint density at radius 3 is 2.21 bits per heavy atom. The second-order valence-electron chi connectivity index (χ2n) is 9.08. The van der Waals surface area contributed by atoms with E-state index in [1.54, 1.807) is 6.07 Å². The number of nitrogens with zero attached hydrogens (tertiary/aromatic N) is 1. The third-order valence-corrected chi connectivity index (χ3v) is 7.01. The van der Waals surface area contributed by atoms with Crippen molar-refractivity contribution in [3.05, 3.63) is 95.4 Å². The van der Waals surface area contributed by atoms with Crippen LogP contribution in [0.1, 0.15) is 41.2 Å². The SMILES string of the molecule is N=C(N)c1cc(CNC(=O)[C@@H]2CCCN2C(=O)[C@H](NS(N)(=O)=O)C(c2ccccc2)c2ccccc2)co1. The monoisotopic (exact) mass is 538 g/mol. The van der Waals surface area contributed by atoms with Crippen molar-refractivity contribution in [3.63, 3.8) is 0 Å². The molecule has 1 saturated heterocycles. The number of amides is 2. The predicted octanol–water partition coefficient (Wildman–Crippen LogP) is 1.16. The number of hydrogen-bond donors (Lipinski definition) is 5.